The Labute approximate surface area is 197 Å². The van der Waals surface area contributed by atoms with Crippen LogP contribution in [0.3, 0.4) is 0 Å². The SMILES string of the molecule is CC(C)N(CC[C@H](c1ccccc1)c1cc(CCCCCCCCN)ccc1O)C(C)C. The molecule has 32 heavy (non-hydrogen) atoms. The quantitative estimate of drug-likeness (QED) is 0.298. The molecule has 3 heteroatoms. The van der Waals surface area contributed by atoms with Crippen LogP contribution < -0.4 is 5.73 Å². The van der Waals surface area contributed by atoms with Crippen molar-refractivity contribution in [3.63, 3.8) is 0 Å². The molecule has 0 aliphatic carbocycles. The van der Waals surface area contributed by atoms with Gasteiger partial charge in [0.25, 0.3) is 0 Å². The van der Waals surface area contributed by atoms with E-state index >= 15 is 0 Å². The number of nitrogens with two attached hydrogens (primary N) is 1. The van der Waals surface area contributed by atoms with Crippen molar-refractivity contribution >= 4 is 0 Å². The van der Waals surface area contributed by atoms with E-state index in [9.17, 15) is 5.11 Å². The number of hydrogen-bond donors (Lipinski definition) is 2. The second kappa shape index (κ2) is 14.3. The number of phenolic OH excluding ortho intramolecular Hbond substituents is 1. The Balaban J connectivity index is 2.12. The highest BCUT2D eigenvalue weighted by Crippen LogP contribution is 2.35. The number of unbranched alkanes of at least 4 members (excludes halogenated alkanes) is 5. The minimum Gasteiger partial charge on any atom is -0.508 e. The molecule has 0 aromatic heterocycles. The molecule has 3 N–H and O–H groups in total. The van der Waals surface area contributed by atoms with Crippen molar-refractivity contribution in [1.82, 2.24) is 4.90 Å². The van der Waals surface area contributed by atoms with Crippen LogP contribution >= 0.6 is 0 Å². The lowest BCUT2D eigenvalue weighted by Gasteiger charge is -2.32. The van der Waals surface area contributed by atoms with E-state index in [0.29, 0.717) is 17.8 Å². The first kappa shape index (κ1) is 26.4. The van der Waals surface area contributed by atoms with Gasteiger partial charge in [-0.2, -0.15) is 0 Å². The van der Waals surface area contributed by atoms with Gasteiger partial charge in [-0.3, -0.25) is 4.90 Å². The average Bonchev–Trinajstić information content (AvgIpc) is 2.77. The lowest BCUT2D eigenvalue weighted by atomic mass is 9.86. The second-order valence-electron chi connectivity index (χ2n) is 9.73. The zero-order chi connectivity index (χ0) is 23.3. The number of aryl methyl sites for hydroxylation is 1. The molecule has 178 valence electrons. The smallest absolute Gasteiger partial charge is 0.119 e. The minimum atomic E-state index is 0.201. The fraction of sp³-hybridized carbons (Fsp3) is 0.586. The van der Waals surface area contributed by atoms with Gasteiger partial charge in [0.1, 0.15) is 5.75 Å². The Hall–Kier alpha value is -1.84. The predicted molar refractivity (Wildman–Crippen MR) is 138 cm³/mol. The maximum atomic E-state index is 10.8. The first-order chi connectivity index (χ1) is 15.4. The van der Waals surface area contributed by atoms with E-state index in [4.69, 9.17) is 5.73 Å². The van der Waals surface area contributed by atoms with Crippen molar-refractivity contribution in [2.45, 2.75) is 97.1 Å². The number of rotatable bonds is 15. The van der Waals surface area contributed by atoms with Gasteiger partial charge in [0.2, 0.25) is 0 Å². The molecule has 0 amide bonds. The second-order valence-corrected chi connectivity index (χ2v) is 9.73. The van der Waals surface area contributed by atoms with E-state index in [1.807, 2.05) is 6.07 Å². The predicted octanol–water partition coefficient (Wildman–Crippen LogP) is 6.87. The Bertz CT molecular complexity index is 749. The zero-order valence-electron chi connectivity index (χ0n) is 20.9. The van der Waals surface area contributed by atoms with E-state index in [1.165, 1.54) is 43.2 Å². The summed E-state index contributed by atoms with van der Waals surface area (Å²) in [6.45, 7) is 10.9. The van der Waals surface area contributed by atoms with E-state index in [2.05, 4.69) is 75.1 Å². The average molecular weight is 439 g/mol. The van der Waals surface area contributed by atoms with Crippen LogP contribution in [0.1, 0.15) is 95.2 Å². The summed E-state index contributed by atoms with van der Waals surface area (Å²) in [5.74, 6) is 0.623. The van der Waals surface area contributed by atoms with Crippen LogP contribution in [0.25, 0.3) is 0 Å². The third-order valence-corrected chi connectivity index (χ3v) is 6.59. The Morgan fingerprint density at radius 1 is 0.812 bits per heavy atom. The summed E-state index contributed by atoms with van der Waals surface area (Å²) in [6, 6.07) is 18.0. The molecule has 2 aromatic carbocycles. The van der Waals surface area contributed by atoms with Gasteiger partial charge in [0.15, 0.2) is 0 Å². The van der Waals surface area contributed by atoms with Crippen LogP contribution in [0, 0.1) is 0 Å². The van der Waals surface area contributed by atoms with Crippen LogP contribution in [-0.2, 0) is 6.42 Å². The first-order valence-corrected chi connectivity index (χ1v) is 12.8. The lowest BCUT2D eigenvalue weighted by molar-refractivity contribution is 0.170. The summed E-state index contributed by atoms with van der Waals surface area (Å²) in [5.41, 5.74) is 9.28. The van der Waals surface area contributed by atoms with Crippen LogP contribution in [0.15, 0.2) is 48.5 Å². The van der Waals surface area contributed by atoms with Gasteiger partial charge in [-0.25, -0.2) is 0 Å². The molecule has 2 aromatic rings. The first-order valence-electron chi connectivity index (χ1n) is 12.8. The molecule has 0 fully saturated rings. The van der Waals surface area contributed by atoms with Crippen LogP contribution in [0.5, 0.6) is 5.75 Å². The Morgan fingerprint density at radius 3 is 2.06 bits per heavy atom. The minimum absolute atomic E-state index is 0.201. The highest BCUT2D eigenvalue weighted by molar-refractivity contribution is 5.43. The topological polar surface area (TPSA) is 49.5 Å². The molecular formula is C29H46N2O. The normalized spacial score (nSPS) is 12.8. The summed E-state index contributed by atoms with van der Waals surface area (Å²) < 4.78 is 0. The maximum absolute atomic E-state index is 10.8. The van der Waals surface area contributed by atoms with Crippen molar-refractivity contribution in [1.29, 1.82) is 0 Å². The third kappa shape index (κ3) is 8.60. The molecule has 1 atom stereocenters. The molecule has 0 unspecified atom stereocenters. The largest absolute Gasteiger partial charge is 0.508 e. The molecule has 0 heterocycles. The van der Waals surface area contributed by atoms with Crippen molar-refractivity contribution < 1.29 is 5.11 Å². The standard InChI is InChI=1S/C29H46N2O/c1-23(2)31(24(3)4)21-19-27(26-15-11-9-12-16-26)28-22-25(17-18-29(28)32)14-10-7-5-6-8-13-20-30/h9,11-12,15-18,22-24,27,32H,5-8,10,13-14,19-21,30H2,1-4H3/t27-/m1/s1. The molecule has 0 saturated carbocycles. The van der Waals surface area contributed by atoms with Crippen LogP contribution in [0.2, 0.25) is 0 Å². The number of benzene rings is 2. The Morgan fingerprint density at radius 2 is 1.44 bits per heavy atom. The summed E-state index contributed by atoms with van der Waals surface area (Å²) in [7, 11) is 0. The van der Waals surface area contributed by atoms with E-state index in [1.54, 1.807) is 0 Å². The molecule has 0 aliphatic heterocycles. The summed E-state index contributed by atoms with van der Waals surface area (Å²) in [6.07, 6.45) is 9.52. The van der Waals surface area contributed by atoms with Gasteiger partial charge in [0, 0.05) is 23.6 Å². The summed E-state index contributed by atoms with van der Waals surface area (Å²) in [5, 5.41) is 10.8. The monoisotopic (exact) mass is 438 g/mol. The van der Waals surface area contributed by atoms with Gasteiger partial charge in [-0.05, 0) is 83.7 Å². The number of nitrogens with zero attached hydrogens (tertiary/aromatic N) is 1. The van der Waals surface area contributed by atoms with Crippen molar-refractivity contribution in [2.24, 2.45) is 5.73 Å². The molecule has 0 saturated heterocycles. The fourth-order valence-electron chi connectivity index (χ4n) is 4.80. The van der Waals surface area contributed by atoms with Gasteiger partial charge in [-0.1, -0.05) is 68.1 Å². The van der Waals surface area contributed by atoms with Gasteiger partial charge < -0.3 is 10.8 Å². The fourth-order valence-corrected chi connectivity index (χ4v) is 4.80. The van der Waals surface area contributed by atoms with Crippen molar-refractivity contribution in [2.75, 3.05) is 13.1 Å². The van der Waals surface area contributed by atoms with E-state index in [0.717, 1.165) is 37.9 Å². The van der Waals surface area contributed by atoms with Crippen molar-refractivity contribution in [3.05, 3.63) is 65.2 Å². The van der Waals surface area contributed by atoms with Crippen LogP contribution in [-0.4, -0.2) is 35.2 Å². The maximum Gasteiger partial charge on any atom is 0.119 e. The third-order valence-electron chi connectivity index (χ3n) is 6.59. The van der Waals surface area contributed by atoms with Crippen molar-refractivity contribution in [3.8, 4) is 5.75 Å². The van der Waals surface area contributed by atoms with Gasteiger partial charge in [0.05, 0.1) is 0 Å². The molecule has 0 radical (unpaired) electrons. The molecule has 3 nitrogen and oxygen atoms in total. The molecule has 0 spiro atoms. The van der Waals surface area contributed by atoms with Crippen LogP contribution in [0.4, 0.5) is 0 Å². The van der Waals surface area contributed by atoms with Gasteiger partial charge in [-0.15, -0.1) is 0 Å². The number of phenols is 1. The zero-order valence-corrected chi connectivity index (χ0v) is 20.9. The highest BCUT2D eigenvalue weighted by atomic mass is 16.3. The van der Waals surface area contributed by atoms with Gasteiger partial charge >= 0.3 is 0 Å². The molecule has 2 rings (SSSR count). The molecular weight excluding hydrogens is 392 g/mol. The molecule has 0 aliphatic rings. The Kier molecular flexibility index (Phi) is 11.8. The number of hydrogen-bond acceptors (Lipinski definition) is 3. The number of aromatic hydroxyl groups is 1. The van der Waals surface area contributed by atoms with E-state index < -0.39 is 0 Å². The summed E-state index contributed by atoms with van der Waals surface area (Å²) in [4.78, 5) is 2.54. The van der Waals surface area contributed by atoms with E-state index in [-0.39, 0.29) is 5.92 Å². The lowest BCUT2D eigenvalue weighted by Crippen LogP contribution is -2.38. The highest BCUT2D eigenvalue weighted by Gasteiger charge is 2.21. The molecule has 0 bridgehead atoms. The summed E-state index contributed by atoms with van der Waals surface area (Å²) >= 11 is 0.